The van der Waals surface area contributed by atoms with Crippen molar-refractivity contribution in [2.24, 2.45) is 0 Å². The van der Waals surface area contributed by atoms with E-state index in [9.17, 15) is 10.2 Å². The Morgan fingerprint density at radius 2 is 2.23 bits per heavy atom. The average Bonchev–Trinajstić information content (AvgIpc) is 2.02. The van der Waals surface area contributed by atoms with Gasteiger partial charge in [-0.2, -0.15) is 0 Å². The molecule has 78 valence electrons. The number of rotatable bonds is 6. The SMILES string of the molecule is COCC(O)CNCC1(O)CCC1. The Morgan fingerprint density at radius 1 is 1.54 bits per heavy atom. The van der Waals surface area contributed by atoms with Gasteiger partial charge in [0.1, 0.15) is 0 Å². The molecule has 0 heterocycles. The van der Waals surface area contributed by atoms with Crippen molar-refractivity contribution in [2.75, 3.05) is 26.8 Å². The van der Waals surface area contributed by atoms with E-state index in [-0.39, 0.29) is 0 Å². The molecule has 4 nitrogen and oxygen atoms in total. The van der Waals surface area contributed by atoms with Crippen LogP contribution in [0.5, 0.6) is 0 Å². The summed E-state index contributed by atoms with van der Waals surface area (Å²) < 4.78 is 4.77. The van der Waals surface area contributed by atoms with Gasteiger partial charge in [-0.1, -0.05) is 0 Å². The standard InChI is InChI=1S/C9H19NO3/c1-13-6-8(11)5-10-7-9(12)3-2-4-9/h8,10-12H,2-7H2,1H3. The maximum atomic E-state index is 9.68. The highest BCUT2D eigenvalue weighted by molar-refractivity contribution is 4.89. The first-order chi connectivity index (χ1) is 6.16. The molecule has 13 heavy (non-hydrogen) atoms. The largest absolute Gasteiger partial charge is 0.389 e. The normalized spacial score (nSPS) is 22.4. The molecule has 0 aromatic carbocycles. The predicted molar refractivity (Wildman–Crippen MR) is 49.6 cm³/mol. The number of nitrogens with one attached hydrogen (secondary N) is 1. The minimum atomic E-state index is -0.507. The fourth-order valence-corrected chi connectivity index (χ4v) is 1.48. The second-order valence-corrected chi connectivity index (χ2v) is 3.82. The van der Waals surface area contributed by atoms with Gasteiger partial charge in [0.25, 0.3) is 0 Å². The fourth-order valence-electron chi connectivity index (χ4n) is 1.48. The minimum Gasteiger partial charge on any atom is -0.389 e. The van der Waals surface area contributed by atoms with Crippen molar-refractivity contribution in [3.8, 4) is 0 Å². The molecule has 0 amide bonds. The van der Waals surface area contributed by atoms with E-state index in [1.54, 1.807) is 7.11 Å². The van der Waals surface area contributed by atoms with Gasteiger partial charge in [0.15, 0.2) is 0 Å². The van der Waals surface area contributed by atoms with Gasteiger partial charge in [-0.3, -0.25) is 0 Å². The van der Waals surface area contributed by atoms with Crippen molar-refractivity contribution in [3.05, 3.63) is 0 Å². The number of hydrogen-bond donors (Lipinski definition) is 3. The summed E-state index contributed by atoms with van der Waals surface area (Å²) in [6.07, 6.45) is 2.38. The summed E-state index contributed by atoms with van der Waals surface area (Å²) in [4.78, 5) is 0. The van der Waals surface area contributed by atoms with Crippen LogP contribution in [0.4, 0.5) is 0 Å². The van der Waals surface area contributed by atoms with Crippen LogP contribution in [0.1, 0.15) is 19.3 Å². The molecular weight excluding hydrogens is 170 g/mol. The van der Waals surface area contributed by atoms with Crippen molar-refractivity contribution < 1.29 is 14.9 Å². The summed E-state index contributed by atoms with van der Waals surface area (Å²) in [6.45, 7) is 1.40. The summed E-state index contributed by atoms with van der Waals surface area (Å²) in [6, 6.07) is 0. The molecular formula is C9H19NO3. The van der Waals surface area contributed by atoms with E-state index < -0.39 is 11.7 Å². The summed E-state index contributed by atoms with van der Waals surface area (Å²) >= 11 is 0. The Hall–Kier alpha value is -0.160. The number of aliphatic hydroxyl groups excluding tert-OH is 1. The van der Waals surface area contributed by atoms with Crippen molar-refractivity contribution >= 4 is 0 Å². The molecule has 4 heteroatoms. The zero-order chi connectivity index (χ0) is 9.73. The van der Waals surface area contributed by atoms with Gasteiger partial charge < -0.3 is 20.3 Å². The molecule has 1 saturated carbocycles. The average molecular weight is 189 g/mol. The van der Waals surface area contributed by atoms with Gasteiger partial charge >= 0.3 is 0 Å². The number of aliphatic hydroxyl groups is 2. The van der Waals surface area contributed by atoms with E-state index >= 15 is 0 Å². The van der Waals surface area contributed by atoms with Crippen LogP contribution in [-0.4, -0.2) is 48.7 Å². The lowest BCUT2D eigenvalue weighted by atomic mass is 9.80. The molecule has 1 rings (SSSR count). The topological polar surface area (TPSA) is 61.7 Å². The van der Waals surface area contributed by atoms with E-state index in [0.29, 0.717) is 19.7 Å². The monoisotopic (exact) mass is 189 g/mol. The van der Waals surface area contributed by atoms with Crippen LogP contribution in [-0.2, 0) is 4.74 Å². The van der Waals surface area contributed by atoms with Crippen LogP contribution < -0.4 is 5.32 Å². The number of ether oxygens (including phenoxy) is 1. The Morgan fingerprint density at radius 3 is 2.69 bits per heavy atom. The highest BCUT2D eigenvalue weighted by Gasteiger charge is 2.33. The number of hydrogen-bond acceptors (Lipinski definition) is 4. The zero-order valence-corrected chi connectivity index (χ0v) is 8.12. The fraction of sp³-hybridized carbons (Fsp3) is 1.00. The van der Waals surface area contributed by atoms with Crippen molar-refractivity contribution in [1.29, 1.82) is 0 Å². The maximum absolute atomic E-state index is 9.68. The van der Waals surface area contributed by atoms with Crippen LogP contribution in [0, 0.1) is 0 Å². The third-order valence-electron chi connectivity index (χ3n) is 2.48. The summed E-state index contributed by atoms with van der Waals surface area (Å²) in [7, 11) is 1.56. The van der Waals surface area contributed by atoms with Gasteiger partial charge in [-0.25, -0.2) is 0 Å². The molecule has 0 aromatic rings. The van der Waals surface area contributed by atoms with Crippen LogP contribution in [0.25, 0.3) is 0 Å². The first-order valence-electron chi connectivity index (χ1n) is 4.76. The molecule has 3 N–H and O–H groups in total. The molecule has 0 aliphatic heterocycles. The zero-order valence-electron chi connectivity index (χ0n) is 8.12. The Bertz CT molecular complexity index is 148. The lowest BCUT2D eigenvalue weighted by Crippen LogP contribution is -2.48. The van der Waals surface area contributed by atoms with E-state index in [1.165, 1.54) is 0 Å². The lowest BCUT2D eigenvalue weighted by Gasteiger charge is -2.36. The highest BCUT2D eigenvalue weighted by atomic mass is 16.5. The van der Waals surface area contributed by atoms with Crippen LogP contribution >= 0.6 is 0 Å². The summed E-state index contributed by atoms with van der Waals surface area (Å²) in [5.41, 5.74) is -0.507. The smallest absolute Gasteiger partial charge is 0.0897 e. The molecule has 1 unspecified atom stereocenters. The molecule has 0 spiro atoms. The van der Waals surface area contributed by atoms with Crippen LogP contribution in [0.3, 0.4) is 0 Å². The summed E-state index contributed by atoms with van der Waals surface area (Å²) in [5, 5.41) is 22.0. The van der Waals surface area contributed by atoms with Gasteiger partial charge in [0, 0.05) is 20.2 Å². The molecule has 0 saturated heterocycles. The van der Waals surface area contributed by atoms with Gasteiger partial charge in [-0.05, 0) is 19.3 Å². The third-order valence-corrected chi connectivity index (χ3v) is 2.48. The highest BCUT2D eigenvalue weighted by Crippen LogP contribution is 2.30. The lowest BCUT2D eigenvalue weighted by molar-refractivity contribution is -0.0341. The van der Waals surface area contributed by atoms with E-state index in [0.717, 1.165) is 19.3 Å². The molecule has 0 bridgehead atoms. The van der Waals surface area contributed by atoms with Gasteiger partial charge in [-0.15, -0.1) is 0 Å². The van der Waals surface area contributed by atoms with Crippen molar-refractivity contribution in [2.45, 2.75) is 31.0 Å². The molecule has 1 aliphatic rings. The number of methoxy groups -OCH3 is 1. The van der Waals surface area contributed by atoms with Crippen LogP contribution in [0.15, 0.2) is 0 Å². The Kier molecular flexibility index (Phi) is 4.12. The minimum absolute atomic E-state index is 0.339. The Labute approximate surface area is 78.9 Å². The van der Waals surface area contributed by atoms with Crippen molar-refractivity contribution in [3.63, 3.8) is 0 Å². The molecule has 1 atom stereocenters. The quantitative estimate of drug-likeness (QED) is 0.527. The van der Waals surface area contributed by atoms with E-state index in [1.807, 2.05) is 0 Å². The van der Waals surface area contributed by atoms with Gasteiger partial charge in [0.2, 0.25) is 0 Å². The van der Waals surface area contributed by atoms with Crippen LogP contribution in [0.2, 0.25) is 0 Å². The van der Waals surface area contributed by atoms with E-state index in [2.05, 4.69) is 5.32 Å². The third kappa shape index (κ3) is 3.60. The molecule has 0 aromatic heterocycles. The molecule has 1 fully saturated rings. The second kappa shape index (κ2) is 4.91. The first kappa shape index (κ1) is 10.9. The molecule has 0 radical (unpaired) electrons. The predicted octanol–water partition coefficient (Wildman–Crippen LogP) is -0.502. The van der Waals surface area contributed by atoms with Gasteiger partial charge in [0.05, 0.1) is 18.3 Å². The second-order valence-electron chi connectivity index (χ2n) is 3.82. The first-order valence-corrected chi connectivity index (χ1v) is 4.76. The molecule has 1 aliphatic carbocycles. The Balaban J connectivity index is 1.99. The van der Waals surface area contributed by atoms with E-state index in [4.69, 9.17) is 4.74 Å². The van der Waals surface area contributed by atoms with Crippen molar-refractivity contribution in [1.82, 2.24) is 5.32 Å². The summed E-state index contributed by atoms with van der Waals surface area (Å²) in [5.74, 6) is 0. The maximum Gasteiger partial charge on any atom is 0.0897 e.